The van der Waals surface area contributed by atoms with Crippen molar-refractivity contribution >= 4 is 0 Å². The molecule has 0 heterocycles. The number of allylic oxidation sites excluding steroid dienone is 2. The van der Waals surface area contributed by atoms with E-state index in [0.29, 0.717) is 0 Å². The maximum Gasteiger partial charge on any atom is -0.0211 e. The first-order chi connectivity index (χ1) is 4.72. The molecular formula is C10H20. The molecule has 60 valence electrons. The van der Waals surface area contributed by atoms with Gasteiger partial charge in [-0.1, -0.05) is 39.3 Å². The van der Waals surface area contributed by atoms with Crippen molar-refractivity contribution < 1.29 is 0 Å². The first-order valence-electron chi connectivity index (χ1n) is 4.35. The van der Waals surface area contributed by atoms with Crippen molar-refractivity contribution in [3.63, 3.8) is 0 Å². The van der Waals surface area contributed by atoms with E-state index in [-0.39, 0.29) is 0 Å². The van der Waals surface area contributed by atoms with Crippen molar-refractivity contribution in [2.75, 3.05) is 0 Å². The third kappa shape index (κ3) is 3.71. The minimum absolute atomic E-state index is 0.801. The van der Waals surface area contributed by atoms with Crippen LogP contribution in [0.4, 0.5) is 0 Å². The molecule has 10 heavy (non-hydrogen) atoms. The third-order valence-corrected chi connectivity index (χ3v) is 1.92. The van der Waals surface area contributed by atoms with Gasteiger partial charge >= 0.3 is 0 Å². The fraction of sp³-hybridized carbons (Fsp3) is 0.800. The van der Waals surface area contributed by atoms with Gasteiger partial charge in [0.1, 0.15) is 0 Å². The van der Waals surface area contributed by atoms with Gasteiger partial charge in [0.15, 0.2) is 0 Å². The molecule has 0 fully saturated rings. The Morgan fingerprint density at radius 3 is 2.20 bits per heavy atom. The van der Waals surface area contributed by atoms with E-state index in [1.165, 1.54) is 12.8 Å². The van der Waals surface area contributed by atoms with Gasteiger partial charge in [-0.15, -0.1) is 0 Å². The monoisotopic (exact) mass is 140 g/mol. The van der Waals surface area contributed by atoms with Gasteiger partial charge in [-0.25, -0.2) is 0 Å². The molecule has 0 saturated carbocycles. The van der Waals surface area contributed by atoms with Gasteiger partial charge < -0.3 is 0 Å². The molecule has 0 bridgehead atoms. The van der Waals surface area contributed by atoms with Crippen LogP contribution in [-0.4, -0.2) is 0 Å². The lowest BCUT2D eigenvalue weighted by atomic mass is 9.91. The van der Waals surface area contributed by atoms with Crippen molar-refractivity contribution in [1.82, 2.24) is 0 Å². The lowest BCUT2D eigenvalue weighted by Crippen LogP contribution is -2.04. The number of hydrogen-bond donors (Lipinski definition) is 0. The Morgan fingerprint density at radius 1 is 1.30 bits per heavy atom. The van der Waals surface area contributed by atoms with E-state index in [1.54, 1.807) is 0 Å². The highest BCUT2D eigenvalue weighted by Crippen LogP contribution is 2.17. The van der Waals surface area contributed by atoms with Crippen molar-refractivity contribution in [3.05, 3.63) is 12.2 Å². The SMILES string of the molecule is C/C=C\C(CCC)C(C)C. The van der Waals surface area contributed by atoms with Crippen molar-refractivity contribution in [2.24, 2.45) is 11.8 Å². The Morgan fingerprint density at radius 2 is 1.90 bits per heavy atom. The first-order valence-corrected chi connectivity index (χ1v) is 4.35. The summed E-state index contributed by atoms with van der Waals surface area (Å²) in [4.78, 5) is 0. The van der Waals surface area contributed by atoms with Crippen LogP contribution in [0.15, 0.2) is 12.2 Å². The maximum atomic E-state index is 2.33. The van der Waals surface area contributed by atoms with Gasteiger partial charge in [0.25, 0.3) is 0 Å². The zero-order valence-electron chi connectivity index (χ0n) is 7.72. The summed E-state index contributed by atoms with van der Waals surface area (Å²) in [5.74, 6) is 1.60. The largest absolute Gasteiger partial charge is 0.0914 e. The van der Waals surface area contributed by atoms with Gasteiger partial charge in [0.05, 0.1) is 0 Å². The lowest BCUT2D eigenvalue weighted by molar-refractivity contribution is 0.432. The lowest BCUT2D eigenvalue weighted by Gasteiger charge is -2.14. The quantitative estimate of drug-likeness (QED) is 0.523. The van der Waals surface area contributed by atoms with E-state index < -0.39 is 0 Å². The van der Waals surface area contributed by atoms with E-state index in [1.807, 2.05) is 0 Å². The van der Waals surface area contributed by atoms with Crippen LogP contribution in [0.1, 0.15) is 40.5 Å². The fourth-order valence-corrected chi connectivity index (χ4v) is 1.23. The van der Waals surface area contributed by atoms with Crippen LogP contribution in [-0.2, 0) is 0 Å². The van der Waals surface area contributed by atoms with Crippen molar-refractivity contribution in [1.29, 1.82) is 0 Å². The average molecular weight is 140 g/mol. The third-order valence-electron chi connectivity index (χ3n) is 1.92. The van der Waals surface area contributed by atoms with Crippen LogP contribution in [0, 0.1) is 11.8 Å². The molecule has 0 aliphatic rings. The topological polar surface area (TPSA) is 0 Å². The second-order valence-corrected chi connectivity index (χ2v) is 3.22. The van der Waals surface area contributed by atoms with Gasteiger partial charge in [0.2, 0.25) is 0 Å². The fourth-order valence-electron chi connectivity index (χ4n) is 1.23. The normalized spacial score (nSPS) is 14.9. The van der Waals surface area contributed by atoms with Gasteiger partial charge in [0, 0.05) is 0 Å². The summed E-state index contributed by atoms with van der Waals surface area (Å²) in [5, 5.41) is 0. The van der Waals surface area contributed by atoms with E-state index in [0.717, 1.165) is 11.8 Å². The van der Waals surface area contributed by atoms with Crippen LogP contribution in [0.5, 0.6) is 0 Å². The van der Waals surface area contributed by atoms with Gasteiger partial charge in [-0.05, 0) is 25.2 Å². The summed E-state index contributed by atoms with van der Waals surface area (Å²) in [6.07, 6.45) is 7.13. The van der Waals surface area contributed by atoms with E-state index in [2.05, 4.69) is 39.8 Å². The minimum atomic E-state index is 0.801. The summed E-state index contributed by atoms with van der Waals surface area (Å²) >= 11 is 0. The molecule has 0 aromatic heterocycles. The second-order valence-electron chi connectivity index (χ2n) is 3.22. The van der Waals surface area contributed by atoms with Gasteiger partial charge in [-0.2, -0.15) is 0 Å². The van der Waals surface area contributed by atoms with E-state index in [9.17, 15) is 0 Å². The van der Waals surface area contributed by atoms with Gasteiger partial charge in [-0.3, -0.25) is 0 Å². The zero-order chi connectivity index (χ0) is 7.98. The average Bonchev–Trinajstić information content (AvgIpc) is 1.87. The summed E-state index contributed by atoms with van der Waals surface area (Å²) in [6, 6.07) is 0. The Hall–Kier alpha value is -0.260. The molecule has 0 radical (unpaired) electrons. The first kappa shape index (κ1) is 9.74. The van der Waals surface area contributed by atoms with Crippen LogP contribution in [0.2, 0.25) is 0 Å². The zero-order valence-corrected chi connectivity index (χ0v) is 7.72. The van der Waals surface area contributed by atoms with Crippen LogP contribution in [0.25, 0.3) is 0 Å². The molecule has 0 spiro atoms. The smallest absolute Gasteiger partial charge is 0.0211 e. The summed E-state index contributed by atoms with van der Waals surface area (Å²) in [6.45, 7) is 8.94. The predicted molar refractivity (Wildman–Crippen MR) is 48.1 cm³/mol. The molecular weight excluding hydrogens is 120 g/mol. The highest BCUT2D eigenvalue weighted by atomic mass is 14.1. The molecule has 0 nitrogen and oxygen atoms in total. The highest BCUT2D eigenvalue weighted by Gasteiger charge is 2.06. The molecule has 0 aliphatic heterocycles. The Bertz CT molecular complexity index is 90.2. The highest BCUT2D eigenvalue weighted by molar-refractivity contribution is 4.86. The summed E-state index contributed by atoms with van der Waals surface area (Å²) < 4.78 is 0. The number of hydrogen-bond acceptors (Lipinski definition) is 0. The van der Waals surface area contributed by atoms with Crippen LogP contribution < -0.4 is 0 Å². The van der Waals surface area contributed by atoms with Crippen molar-refractivity contribution in [3.8, 4) is 0 Å². The molecule has 0 N–H and O–H groups in total. The molecule has 1 unspecified atom stereocenters. The molecule has 0 rings (SSSR count). The maximum absolute atomic E-state index is 2.33. The Balaban J connectivity index is 3.72. The summed E-state index contributed by atoms with van der Waals surface area (Å²) in [7, 11) is 0. The molecule has 0 aliphatic carbocycles. The molecule has 1 atom stereocenters. The van der Waals surface area contributed by atoms with Crippen LogP contribution >= 0.6 is 0 Å². The molecule has 0 saturated heterocycles. The molecule has 0 heteroatoms. The Labute approximate surface area is 65.3 Å². The number of rotatable bonds is 4. The summed E-state index contributed by atoms with van der Waals surface area (Å²) in [5.41, 5.74) is 0. The molecule has 0 amide bonds. The second kappa shape index (κ2) is 5.52. The molecule has 0 aromatic carbocycles. The van der Waals surface area contributed by atoms with Crippen LogP contribution in [0.3, 0.4) is 0 Å². The molecule has 0 aromatic rings. The van der Waals surface area contributed by atoms with Crippen molar-refractivity contribution in [2.45, 2.75) is 40.5 Å². The van der Waals surface area contributed by atoms with E-state index >= 15 is 0 Å². The standard InChI is InChI=1S/C10H20/c1-5-7-10(8-6-2)9(3)4/h5,7,9-10H,6,8H2,1-4H3/b7-5-. The predicted octanol–water partition coefficient (Wildman–Crippen LogP) is 3.63. The minimum Gasteiger partial charge on any atom is -0.0914 e. The van der Waals surface area contributed by atoms with E-state index in [4.69, 9.17) is 0 Å². The Kier molecular flexibility index (Phi) is 5.38.